The molecule has 0 bridgehead atoms. The second kappa shape index (κ2) is 8.99. The number of alkyl halides is 3. The van der Waals surface area contributed by atoms with Gasteiger partial charge in [0.15, 0.2) is 11.5 Å². The summed E-state index contributed by atoms with van der Waals surface area (Å²) in [4.78, 5) is 37.1. The van der Waals surface area contributed by atoms with Gasteiger partial charge in [-0.3, -0.25) is 14.6 Å². The molecular weight excluding hydrogens is 443 g/mol. The largest absolute Gasteiger partial charge is 0.433 e. The highest BCUT2D eigenvalue weighted by Gasteiger charge is 2.49. The number of aromatic nitrogens is 3. The Kier molecular flexibility index (Phi) is 6.10. The number of anilines is 2. The number of ether oxygens (including phenoxy) is 1. The van der Waals surface area contributed by atoms with E-state index in [9.17, 15) is 28.0 Å². The molecule has 2 fully saturated rings. The second-order valence-electron chi connectivity index (χ2n) is 7.49. The van der Waals surface area contributed by atoms with E-state index in [2.05, 4.69) is 30.3 Å². The first-order valence-electron chi connectivity index (χ1n) is 10.0. The van der Waals surface area contributed by atoms with Crippen molar-refractivity contribution in [3.05, 3.63) is 30.4 Å². The predicted octanol–water partition coefficient (Wildman–Crippen LogP) is 1.92. The molecule has 1 saturated heterocycles. The van der Waals surface area contributed by atoms with Crippen LogP contribution in [0.15, 0.2) is 24.7 Å². The van der Waals surface area contributed by atoms with Crippen molar-refractivity contribution in [2.24, 2.45) is 5.92 Å². The summed E-state index contributed by atoms with van der Waals surface area (Å²) in [5.74, 6) is -0.624. The lowest BCUT2D eigenvalue weighted by atomic mass is 10.1. The van der Waals surface area contributed by atoms with Gasteiger partial charge in [-0.2, -0.15) is 18.4 Å². The van der Waals surface area contributed by atoms with E-state index >= 15 is 0 Å². The van der Waals surface area contributed by atoms with E-state index in [0.29, 0.717) is 22.0 Å². The van der Waals surface area contributed by atoms with Gasteiger partial charge >= 0.3 is 6.18 Å². The summed E-state index contributed by atoms with van der Waals surface area (Å²) in [7, 11) is 0. The summed E-state index contributed by atoms with van der Waals surface area (Å²) in [6, 6.07) is 3.35. The zero-order chi connectivity index (χ0) is 23.6. The van der Waals surface area contributed by atoms with Crippen molar-refractivity contribution in [3.8, 4) is 17.3 Å². The van der Waals surface area contributed by atoms with E-state index in [-0.39, 0.29) is 36.4 Å². The van der Waals surface area contributed by atoms with Crippen LogP contribution in [0.4, 0.5) is 24.7 Å². The molecule has 2 N–H and O–H groups in total. The van der Waals surface area contributed by atoms with Gasteiger partial charge in [0.2, 0.25) is 18.0 Å². The third kappa shape index (κ3) is 5.17. The fourth-order valence-electron chi connectivity index (χ4n) is 3.21. The minimum absolute atomic E-state index is 0.0177. The Hall–Kier alpha value is -3.79. The quantitative estimate of drug-likeness (QED) is 0.667. The average molecular weight is 461 g/mol. The summed E-state index contributed by atoms with van der Waals surface area (Å²) in [6.07, 6.45) is -1.10. The Bertz CT molecular complexity index is 1100. The Labute approximate surface area is 185 Å². The number of amides is 2. The van der Waals surface area contributed by atoms with Gasteiger partial charge in [-0.25, -0.2) is 9.97 Å². The van der Waals surface area contributed by atoms with Crippen LogP contribution in [0.1, 0.15) is 18.5 Å². The summed E-state index contributed by atoms with van der Waals surface area (Å²) >= 11 is 0. The van der Waals surface area contributed by atoms with Gasteiger partial charge in [-0.05, 0) is 18.9 Å². The van der Waals surface area contributed by atoms with E-state index < -0.39 is 24.9 Å². The van der Waals surface area contributed by atoms with Crippen LogP contribution in [-0.4, -0.2) is 63.8 Å². The van der Waals surface area contributed by atoms with Crippen molar-refractivity contribution in [3.63, 3.8) is 0 Å². The molecule has 3 heterocycles. The lowest BCUT2D eigenvalue weighted by molar-refractivity contribution is -0.238. The van der Waals surface area contributed by atoms with Crippen LogP contribution >= 0.6 is 0 Å². The monoisotopic (exact) mass is 461 g/mol. The van der Waals surface area contributed by atoms with Gasteiger partial charge < -0.3 is 20.3 Å². The second-order valence-corrected chi connectivity index (χ2v) is 7.49. The number of hydrogen-bond acceptors (Lipinski definition) is 8. The Morgan fingerprint density at radius 2 is 2.00 bits per heavy atom. The van der Waals surface area contributed by atoms with E-state index in [0.717, 1.165) is 12.8 Å². The number of nitriles is 1. The Morgan fingerprint density at radius 3 is 2.64 bits per heavy atom. The third-order valence-electron chi connectivity index (χ3n) is 5.06. The summed E-state index contributed by atoms with van der Waals surface area (Å²) < 4.78 is 43.6. The van der Waals surface area contributed by atoms with Crippen LogP contribution in [0.2, 0.25) is 0 Å². The fraction of sp³-hybridized carbons (Fsp3) is 0.400. The lowest BCUT2D eigenvalue weighted by Gasteiger charge is -2.25. The first-order valence-corrected chi connectivity index (χ1v) is 10.0. The first kappa shape index (κ1) is 22.4. The zero-order valence-electron chi connectivity index (χ0n) is 17.1. The maximum absolute atomic E-state index is 13.0. The van der Waals surface area contributed by atoms with E-state index in [1.165, 1.54) is 24.7 Å². The van der Waals surface area contributed by atoms with Crippen molar-refractivity contribution < 1.29 is 27.5 Å². The van der Waals surface area contributed by atoms with E-state index in [4.69, 9.17) is 0 Å². The average Bonchev–Trinajstić information content (AvgIpc) is 3.52. The predicted molar refractivity (Wildman–Crippen MR) is 107 cm³/mol. The molecule has 4 rings (SSSR count). The number of hydrogen-bond donors (Lipinski definition) is 2. The molecule has 1 atom stereocenters. The maximum atomic E-state index is 13.0. The molecule has 1 aliphatic carbocycles. The van der Waals surface area contributed by atoms with Crippen LogP contribution in [0, 0.1) is 17.2 Å². The number of carbonyl (C=O) groups is 2. The van der Waals surface area contributed by atoms with Crippen molar-refractivity contribution >= 4 is 23.3 Å². The first-order chi connectivity index (χ1) is 15.8. The standard InChI is InChI=1S/C20H18F3N7O3/c21-20(22,23)19-30(3-4-33-19)17(31)10-27-13-5-12(7-25-14(13)6-24)15-8-28-16(9-26-15)29-18(32)11-1-2-11/h5,7-9,11,19,27H,1-4,10H2,(H,28,29,32). The molecule has 0 aromatic carbocycles. The topological polar surface area (TPSA) is 133 Å². The van der Waals surface area contributed by atoms with Crippen molar-refractivity contribution in [1.82, 2.24) is 19.9 Å². The smallest absolute Gasteiger partial charge is 0.374 e. The molecular formula is C20H18F3N7O3. The minimum atomic E-state index is -4.70. The van der Waals surface area contributed by atoms with Crippen LogP contribution in [0.3, 0.4) is 0 Å². The zero-order valence-corrected chi connectivity index (χ0v) is 17.1. The highest BCUT2D eigenvalue weighted by molar-refractivity contribution is 5.93. The molecule has 2 aliphatic rings. The Morgan fingerprint density at radius 1 is 1.21 bits per heavy atom. The number of nitrogens with zero attached hydrogens (tertiary/aromatic N) is 5. The molecule has 13 heteroatoms. The van der Waals surface area contributed by atoms with E-state index in [1.54, 1.807) is 0 Å². The van der Waals surface area contributed by atoms with E-state index in [1.807, 2.05) is 6.07 Å². The van der Waals surface area contributed by atoms with Crippen LogP contribution in [-0.2, 0) is 14.3 Å². The molecule has 2 aromatic heterocycles. The van der Waals surface area contributed by atoms with Crippen LogP contribution in [0.25, 0.3) is 11.3 Å². The Balaban J connectivity index is 1.45. The number of rotatable bonds is 6. The molecule has 1 aliphatic heterocycles. The molecule has 2 aromatic rings. The highest BCUT2D eigenvalue weighted by Crippen LogP contribution is 2.30. The molecule has 1 unspecified atom stereocenters. The number of pyridine rings is 1. The van der Waals surface area contributed by atoms with Crippen LogP contribution < -0.4 is 10.6 Å². The number of carbonyl (C=O) groups excluding carboxylic acids is 2. The lowest BCUT2D eigenvalue weighted by Crippen LogP contribution is -2.47. The van der Waals surface area contributed by atoms with Gasteiger partial charge in [-0.15, -0.1) is 0 Å². The van der Waals surface area contributed by atoms with Crippen LogP contribution in [0.5, 0.6) is 0 Å². The van der Waals surface area contributed by atoms with Crippen molar-refractivity contribution in [2.45, 2.75) is 25.2 Å². The normalized spacial score (nSPS) is 18.0. The molecule has 1 saturated carbocycles. The fourth-order valence-corrected chi connectivity index (χ4v) is 3.21. The molecule has 0 radical (unpaired) electrons. The third-order valence-corrected chi connectivity index (χ3v) is 5.06. The SMILES string of the molecule is N#Cc1ncc(-c2cnc(NC(=O)C3CC3)cn2)cc1NCC(=O)N1CCOC1C(F)(F)F. The van der Waals surface area contributed by atoms with Crippen molar-refractivity contribution in [2.75, 3.05) is 30.3 Å². The van der Waals surface area contributed by atoms with Gasteiger partial charge in [0, 0.05) is 24.2 Å². The van der Waals surface area contributed by atoms with Gasteiger partial charge in [0.05, 0.1) is 36.9 Å². The molecule has 2 amide bonds. The number of nitrogens with one attached hydrogen (secondary N) is 2. The summed E-state index contributed by atoms with van der Waals surface area (Å²) in [5.41, 5.74) is 0.947. The molecule has 172 valence electrons. The molecule has 33 heavy (non-hydrogen) atoms. The minimum Gasteiger partial charge on any atom is -0.374 e. The van der Waals surface area contributed by atoms with Gasteiger partial charge in [0.25, 0.3) is 0 Å². The van der Waals surface area contributed by atoms with Crippen molar-refractivity contribution in [1.29, 1.82) is 5.26 Å². The molecule has 10 nitrogen and oxygen atoms in total. The molecule has 0 spiro atoms. The van der Waals surface area contributed by atoms with Gasteiger partial charge in [0.1, 0.15) is 6.07 Å². The highest BCUT2D eigenvalue weighted by atomic mass is 19.4. The summed E-state index contributed by atoms with van der Waals surface area (Å²) in [6.45, 7) is -0.896. The van der Waals surface area contributed by atoms with Gasteiger partial charge in [-0.1, -0.05) is 0 Å². The maximum Gasteiger partial charge on any atom is 0.433 e. The summed E-state index contributed by atoms with van der Waals surface area (Å²) in [5, 5.41) is 14.6. The number of halogens is 3.